The van der Waals surface area contributed by atoms with Crippen molar-refractivity contribution in [3.8, 4) is 0 Å². The molecular weight excluding hydrogens is 450 g/mol. The largest absolute Gasteiger partial charge is 0.383 e. The van der Waals surface area contributed by atoms with Crippen LogP contribution in [0.15, 0.2) is 17.5 Å². The third kappa shape index (κ3) is 6.04. The molecule has 2 aliphatic heterocycles. The monoisotopic (exact) mass is 475 g/mol. The molecule has 0 aliphatic carbocycles. The third-order valence-electron chi connectivity index (χ3n) is 5.23. The number of carbonyl (C=O) groups excluding carboxylic acids is 2. The Balaban J connectivity index is 1.59. The van der Waals surface area contributed by atoms with E-state index in [0.717, 1.165) is 18.2 Å². The van der Waals surface area contributed by atoms with Gasteiger partial charge in [-0.2, -0.15) is 4.72 Å². The molecule has 1 aromatic rings. The number of amides is 2. The maximum absolute atomic E-state index is 12.8. The van der Waals surface area contributed by atoms with Crippen molar-refractivity contribution < 1.29 is 22.7 Å². The Morgan fingerprint density at radius 2 is 2.10 bits per heavy atom. The summed E-state index contributed by atoms with van der Waals surface area (Å²) in [7, 11) is -2.21. The Bertz CT molecular complexity index is 902. The van der Waals surface area contributed by atoms with E-state index in [1.54, 1.807) is 24.1 Å². The quantitative estimate of drug-likeness (QED) is 0.619. The van der Waals surface area contributed by atoms with Crippen LogP contribution < -0.4 is 4.72 Å². The van der Waals surface area contributed by atoms with Gasteiger partial charge in [-0.05, 0) is 43.9 Å². The van der Waals surface area contributed by atoms with Gasteiger partial charge in [0.2, 0.25) is 21.8 Å². The zero-order valence-electron chi connectivity index (χ0n) is 16.8. The fraction of sp³-hybridized carbons (Fsp3) is 0.579. The lowest BCUT2D eigenvalue weighted by molar-refractivity contribution is -0.144. The van der Waals surface area contributed by atoms with Crippen molar-refractivity contribution in [3.05, 3.63) is 26.8 Å². The second-order valence-electron chi connectivity index (χ2n) is 7.40. The van der Waals surface area contributed by atoms with E-state index in [4.69, 9.17) is 16.3 Å². The molecule has 1 N–H and O–H groups in total. The summed E-state index contributed by atoms with van der Waals surface area (Å²) in [4.78, 5) is 29.4. The molecule has 3 heterocycles. The van der Waals surface area contributed by atoms with Gasteiger partial charge in [-0.3, -0.25) is 9.59 Å². The number of nitrogens with zero attached hydrogens (tertiary/aromatic N) is 2. The molecule has 2 aliphatic rings. The molecule has 2 saturated heterocycles. The number of sulfonamides is 1. The van der Waals surface area contributed by atoms with Gasteiger partial charge >= 0.3 is 0 Å². The number of halogens is 1. The van der Waals surface area contributed by atoms with Crippen LogP contribution in [-0.2, 0) is 24.3 Å². The van der Waals surface area contributed by atoms with Gasteiger partial charge in [0.15, 0.2) is 0 Å². The highest BCUT2D eigenvalue weighted by Gasteiger charge is 2.35. The molecule has 3 rings (SSSR count). The molecule has 8 nitrogen and oxygen atoms in total. The smallest absolute Gasteiger partial charge is 0.242 e. The van der Waals surface area contributed by atoms with Crippen molar-refractivity contribution in [1.82, 2.24) is 14.5 Å². The molecule has 166 valence electrons. The molecule has 0 aromatic carbocycles. The number of rotatable bonds is 8. The number of piperidine rings is 1. The minimum Gasteiger partial charge on any atom is -0.383 e. The first-order valence-corrected chi connectivity index (χ1v) is 12.6. The first-order chi connectivity index (χ1) is 14.3. The van der Waals surface area contributed by atoms with Crippen LogP contribution in [0.4, 0.5) is 0 Å². The Hall–Kier alpha value is -1.46. The minimum atomic E-state index is -3.81. The van der Waals surface area contributed by atoms with Gasteiger partial charge in [-0.25, -0.2) is 8.42 Å². The van der Waals surface area contributed by atoms with Crippen molar-refractivity contribution in [2.24, 2.45) is 0 Å². The Kier molecular flexibility index (Phi) is 7.92. The summed E-state index contributed by atoms with van der Waals surface area (Å²) in [6.07, 6.45) is 4.27. The Labute approximate surface area is 185 Å². The maximum Gasteiger partial charge on any atom is 0.242 e. The highest BCUT2D eigenvalue weighted by molar-refractivity contribution is 7.92. The van der Waals surface area contributed by atoms with E-state index in [2.05, 4.69) is 4.72 Å². The summed E-state index contributed by atoms with van der Waals surface area (Å²) < 4.78 is 33.0. The third-order valence-corrected chi connectivity index (χ3v) is 7.53. The first-order valence-electron chi connectivity index (χ1n) is 9.82. The zero-order chi connectivity index (χ0) is 21.7. The molecule has 0 radical (unpaired) electrons. The van der Waals surface area contributed by atoms with Gasteiger partial charge in [0.05, 0.1) is 23.5 Å². The van der Waals surface area contributed by atoms with Crippen molar-refractivity contribution in [3.63, 3.8) is 0 Å². The lowest BCUT2D eigenvalue weighted by Gasteiger charge is -2.34. The lowest BCUT2D eigenvalue weighted by atomic mass is 10.1. The standard InChI is InChI=1S/C19H26ClN3O5S2/c1-28-13-14-4-2-10-23(14)18(24)12-22-9-3-5-16(19(22)25)21-30(26,27)11-8-15-6-7-17(20)29-15/h6-8,11,14,16,21H,2-5,9-10,12-13H2,1H3/b11-8+/t14-,16-/m0/s1. The van der Waals surface area contributed by atoms with Gasteiger partial charge in [-0.15, -0.1) is 11.3 Å². The lowest BCUT2D eigenvalue weighted by Crippen LogP contribution is -2.54. The van der Waals surface area contributed by atoms with Crippen LogP contribution in [0.5, 0.6) is 0 Å². The van der Waals surface area contributed by atoms with E-state index in [-0.39, 0.29) is 24.4 Å². The van der Waals surface area contributed by atoms with Gasteiger partial charge in [0, 0.05) is 30.5 Å². The summed E-state index contributed by atoms with van der Waals surface area (Å²) >= 11 is 7.11. The number of hydrogen-bond donors (Lipinski definition) is 1. The fourth-order valence-electron chi connectivity index (χ4n) is 3.80. The number of methoxy groups -OCH3 is 1. The fourth-order valence-corrected chi connectivity index (χ4v) is 5.87. The van der Waals surface area contributed by atoms with Crippen LogP contribution >= 0.6 is 22.9 Å². The van der Waals surface area contributed by atoms with E-state index >= 15 is 0 Å². The van der Waals surface area contributed by atoms with Gasteiger partial charge in [0.1, 0.15) is 6.04 Å². The summed E-state index contributed by atoms with van der Waals surface area (Å²) in [6.45, 7) is 1.53. The van der Waals surface area contributed by atoms with Crippen LogP contribution in [-0.4, -0.2) is 75.5 Å². The second-order valence-corrected chi connectivity index (χ2v) is 10.7. The van der Waals surface area contributed by atoms with Crippen LogP contribution in [0.1, 0.15) is 30.6 Å². The normalized spacial score (nSPS) is 22.9. The Morgan fingerprint density at radius 3 is 2.80 bits per heavy atom. The Morgan fingerprint density at radius 1 is 1.33 bits per heavy atom. The molecule has 2 fully saturated rings. The van der Waals surface area contributed by atoms with Crippen LogP contribution in [0, 0.1) is 0 Å². The molecule has 0 spiro atoms. The molecule has 2 atom stereocenters. The zero-order valence-corrected chi connectivity index (χ0v) is 19.1. The number of thiophene rings is 1. The molecule has 0 bridgehead atoms. The van der Waals surface area contributed by atoms with Gasteiger partial charge < -0.3 is 14.5 Å². The SMILES string of the molecule is COC[C@@H]1CCCN1C(=O)CN1CCC[C@H](NS(=O)(=O)/C=C/c2ccc(Cl)s2)C1=O. The average molecular weight is 476 g/mol. The summed E-state index contributed by atoms with van der Waals surface area (Å²) in [5.41, 5.74) is 0. The molecule has 0 unspecified atom stereocenters. The van der Waals surface area contributed by atoms with Gasteiger partial charge in [0.25, 0.3) is 0 Å². The van der Waals surface area contributed by atoms with E-state index < -0.39 is 16.1 Å². The highest BCUT2D eigenvalue weighted by atomic mass is 35.5. The molecule has 1 aromatic heterocycles. The average Bonchev–Trinajstić information content (AvgIpc) is 3.32. The summed E-state index contributed by atoms with van der Waals surface area (Å²) in [6, 6.07) is 2.56. The van der Waals surface area contributed by atoms with Crippen molar-refractivity contribution in [2.45, 2.75) is 37.8 Å². The number of likely N-dealkylation sites (tertiary alicyclic amines) is 2. The van der Waals surface area contributed by atoms with Crippen molar-refractivity contribution >= 4 is 50.9 Å². The van der Waals surface area contributed by atoms with E-state index in [9.17, 15) is 18.0 Å². The van der Waals surface area contributed by atoms with Crippen molar-refractivity contribution in [1.29, 1.82) is 0 Å². The highest BCUT2D eigenvalue weighted by Crippen LogP contribution is 2.23. The summed E-state index contributed by atoms with van der Waals surface area (Å²) in [5.74, 6) is -0.492. The molecule has 11 heteroatoms. The number of carbonyl (C=O) groups is 2. The van der Waals surface area contributed by atoms with Crippen LogP contribution in [0.3, 0.4) is 0 Å². The number of nitrogens with one attached hydrogen (secondary N) is 1. The first kappa shape index (κ1) is 23.2. The molecule has 30 heavy (non-hydrogen) atoms. The van der Waals surface area contributed by atoms with E-state index in [1.165, 1.54) is 22.3 Å². The number of hydrogen-bond acceptors (Lipinski definition) is 6. The molecular formula is C19H26ClN3O5S2. The molecule has 2 amide bonds. The molecule has 0 saturated carbocycles. The van der Waals surface area contributed by atoms with Crippen LogP contribution in [0.25, 0.3) is 6.08 Å². The van der Waals surface area contributed by atoms with E-state index in [0.29, 0.717) is 41.8 Å². The summed E-state index contributed by atoms with van der Waals surface area (Å²) in [5, 5.41) is 1.03. The van der Waals surface area contributed by atoms with Crippen LogP contribution in [0.2, 0.25) is 4.34 Å². The minimum absolute atomic E-state index is 0.0348. The van der Waals surface area contributed by atoms with Gasteiger partial charge in [-0.1, -0.05) is 11.6 Å². The predicted molar refractivity (Wildman–Crippen MR) is 117 cm³/mol. The number of ether oxygens (including phenoxy) is 1. The topological polar surface area (TPSA) is 96.0 Å². The maximum atomic E-state index is 12.8. The predicted octanol–water partition coefficient (Wildman–Crippen LogP) is 1.92. The van der Waals surface area contributed by atoms with Crippen molar-refractivity contribution in [2.75, 3.05) is 33.4 Å². The van der Waals surface area contributed by atoms with E-state index in [1.807, 2.05) is 0 Å². The second kappa shape index (κ2) is 10.2.